The van der Waals surface area contributed by atoms with Gasteiger partial charge in [-0.1, -0.05) is 5.16 Å². The molecule has 1 aromatic heterocycles. The molecule has 0 aromatic carbocycles. The first-order valence-electron chi connectivity index (χ1n) is 3.64. The van der Waals surface area contributed by atoms with Crippen LogP contribution in [0.2, 0.25) is 0 Å². The van der Waals surface area contributed by atoms with Crippen LogP contribution in [0.25, 0.3) is 0 Å². The zero-order chi connectivity index (χ0) is 8.01. The molecule has 2 rings (SSSR count). The van der Waals surface area contributed by atoms with Crippen LogP contribution in [-0.2, 0) is 6.54 Å². The molecule has 1 atom stereocenters. The molecule has 4 nitrogen and oxygen atoms in total. The maximum Gasteiger partial charge on any atom is 0.227 e. The zero-order valence-electron chi connectivity index (χ0n) is 6.66. The predicted octanol–water partition coefficient (Wildman–Crippen LogP) is 0.763. The van der Waals surface area contributed by atoms with Gasteiger partial charge >= 0.3 is 0 Å². The lowest BCUT2D eigenvalue weighted by molar-refractivity contribution is 0.272. The molecular weight excluding hydrogens is 142 g/mol. The van der Waals surface area contributed by atoms with Gasteiger partial charge in [0.25, 0.3) is 0 Å². The van der Waals surface area contributed by atoms with Crippen LogP contribution in [0.5, 0.6) is 0 Å². The summed E-state index contributed by atoms with van der Waals surface area (Å²) in [5, 5.41) is 3.86. The Morgan fingerprint density at radius 2 is 2.45 bits per heavy atom. The van der Waals surface area contributed by atoms with Gasteiger partial charge in [-0.15, -0.1) is 0 Å². The average Bonchev–Trinajstić information content (AvgIpc) is 2.41. The van der Waals surface area contributed by atoms with E-state index >= 15 is 0 Å². The van der Waals surface area contributed by atoms with E-state index < -0.39 is 0 Å². The van der Waals surface area contributed by atoms with Gasteiger partial charge in [-0.2, -0.15) is 0 Å². The molecule has 0 spiro atoms. The van der Waals surface area contributed by atoms with Crippen molar-refractivity contribution in [2.45, 2.75) is 19.5 Å². The van der Waals surface area contributed by atoms with E-state index in [0.717, 1.165) is 17.8 Å². The van der Waals surface area contributed by atoms with Crippen molar-refractivity contribution >= 4 is 5.88 Å². The summed E-state index contributed by atoms with van der Waals surface area (Å²) in [7, 11) is 2.05. The van der Waals surface area contributed by atoms with Gasteiger partial charge in [0.1, 0.15) is 5.69 Å². The maximum atomic E-state index is 5.59. The summed E-state index contributed by atoms with van der Waals surface area (Å²) in [6, 6.07) is 0.344. The summed E-state index contributed by atoms with van der Waals surface area (Å²) in [4.78, 5) is 2.18. The summed E-state index contributed by atoms with van der Waals surface area (Å²) in [6.45, 7) is 2.94. The average molecular weight is 153 g/mol. The Labute approximate surface area is 65.0 Å². The molecule has 1 unspecified atom stereocenters. The molecule has 0 fully saturated rings. The molecule has 1 aromatic rings. The number of hydrogen-bond donors (Lipinski definition) is 1. The lowest BCUT2D eigenvalue weighted by Crippen LogP contribution is -2.14. The molecule has 0 amide bonds. The molecule has 1 aliphatic rings. The third-order valence-electron chi connectivity index (χ3n) is 2.31. The third kappa shape index (κ3) is 0.758. The number of nitrogens with zero attached hydrogens (tertiary/aromatic N) is 2. The zero-order valence-corrected chi connectivity index (χ0v) is 6.66. The molecule has 0 saturated heterocycles. The van der Waals surface area contributed by atoms with Crippen LogP contribution >= 0.6 is 0 Å². The van der Waals surface area contributed by atoms with Crippen LogP contribution in [0.15, 0.2) is 4.52 Å². The Balaban J connectivity index is 2.49. The van der Waals surface area contributed by atoms with Crippen molar-refractivity contribution in [1.82, 2.24) is 10.1 Å². The lowest BCUT2D eigenvalue weighted by atomic mass is 10.2. The number of hydrogen-bond acceptors (Lipinski definition) is 4. The molecule has 1 aliphatic heterocycles. The summed E-state index contributed by atoms with van der Waals surface area (Å²) < 4.78 is 4.86. The van der Waals surface area contributed by atoms with Crippen molar-refractivity contribution in [3.05, 3.63) is 11.3 Å². The second-order valence-corrected chi connectivity index (χ2v) is 3.00. The Hall–Kier alpha value is -1.03. The maximum absolute atomic E-state index is 5.59. The van der Waals surface area contributed by atoms with E-state index in [1.165, 1.54) is 0 Å². The molecular formula is C7H11N3O. The van der Waals surface area contributed by atoms with E-state index in [1.807, 2.05) is 7.05 Å². The van der Waals surface area contributed by atoms with Gasteiger partial charge in [0, 0.05) is 12.6 Å². The number of nitrogens with two attached hydrogens (primary N) is 1. The van der Waals surface area contributed by atoms with Crippen molar-refractivity contribution in [2.24, 2.45) is 0 Å². The van der Waals surface area contributed by atoms with Crippen LogP contribution in [0, 0.1) is 0 Å². The molecule has 60 valence electrons. The monoisotopic (exact) mass is 153 g/mol. The number of fused-ring (bicyclic) bond motifs is 1. The first-order chi connectivity index (χ1) is 5.20. The van der Waals surface area contributed by atoms with Gasteiger partial charge in [0.05, 0.1) is 5.56 Å². The molecule has 0 saturated carbocycles. The van der Waals surface area contributed by atoms with E-state index in [-0.39, 0.29) is 0 Å². The highest BCUT2D eigenvalue weighted by molar-refractivity contribution is 5.43. The van der Waals surface area contributed by atoms with E-state index in [4.69, 9.17) is 10.3 Å². The van der Waals surface area contributed by atoms with Crippen LogP contribution < -0.4 is 5.73 Å². The summed E-state index contributed by atoms with van der Waals surface area (Å²) in [5.41, 5.74) is 7.64. The van der Waals surface area contributed by atoms with Crippen molar-refractivity contribution in [3.63, 3.8) is 0 Å². The minimum atomic E-state index is 0.344. The fourth-order valence-corrected chi connectivity index (χ4v) is 1.50. The highest BCUT2D eigenvalue weighted by atomic mass is 16.5. The molecule has 2 N–H and O–H groups in total. The van der Waals surface area contributed by atoms with Gasteiger partial charge in [-0.3, -0.25) is 4.90 Å². The van der Waals surface area contributed by atoms with Gasteiger partial charge in [-0.25, -0.2) is 0 Å². The summed E-state index contributed by atoms with van der Waals surface area (Å²) in [5.74, 6) is 0.469. The highest BCUT2D eigenvalue weighted by Gasteiger charge is 2.30. The van der Waals surface area contributed by atoms with Gasteiger partial charge < -0.3 is 10.3 Å². The highest BCUT2D eigenvalue weighted by Crippen LogP contribution is 2.35. The lowest BCUT2D eigenvalue weighted by Gasteiger charge is -2.13. The van der Waals surface area contributed by atoms with E-state index in [2.05, 4.69) is 17.0 Å². The van der Waals surface area contributed by atoms with Gasteiger partial charge in [0.2, 0.25) is 5.88 Å². The van der Waals surface area contributed by atoms with Crippen LogP contribution in [0.4, 0.5) is 5.88 Å². The molecule has 0 aliphatic carbocycles. The van der Waals surface area contributed by atoms with Crippen molar-refractivity contribution in [3.8, 4) is 0 Å². The van der Waals surface area contributed by atoms with Crippen molar-refractivity contribution in [2.75, 3.05) is 12.8 Å². The predicted molar refractivity (Wildman–Crippen MR) is 40.8 cm³/mol. The van der Waals surface area contributed by atoms with Gasteiger partial charge in [-0.05, 0) is 14.0 Å². The molecule has 11 heavy (non-hydrogen) atoms. The van der Waals surface area contributed by atoms with Crippen LogP contribution in [0.3, 0.4) is 0 Å². The summed E-state index contributed by atoms with van der Waals surface area (Å²) in [6.07, 6.45) is 0. The quantitative estimate of drug-likeness (QED) is 0.598. The standard InChI is InChI=1S/C7H11N3O/c1-4-6-5(3-10(4)2)9-11-7(6)8/h4H,3,8H2,1-2H3. The van der Waals surface area contributed by atoms with Gasteiger partial charge in [0.15, 0.2) is 0 Å². The molecule has 2 heterocycles. The minimum absolute atomic E-state index is 0.344. The van der Waals surface area contributed by atoms with E-state index in [1.54, 1.807) is 0 Å². The number of anilines is 1. The first-order valence-corrected chi connectivity index (χ1v) is 3.64. The third-order valence-corrected chi connectivity index (χ3v) is 2.31. The Morgan fingerprint density at radius 3 is 3.09 bits per heavy atom. The fourth-order valence-electron chi connectivity index (χ4n) is 1.50. The molecule has 0 bridgehead atoms. The molecule has 0 radical (unpaired) electrons. The number of nitrogen functional groups attached to an aromatic ring is 1. The van der Waals surface area contributed by atoms with E-state index in [0.29, 0.717) is 11.9 Å². The van der Waals surface area contributed by atoms with Crippen molar-refractivity contribution in [1.29, 1.82) is 0 Å². The topological polar surface area (TPSA) is 55.3 Å². The second-order valence-electron chi connectivity index (χ2n) is 3.00. The first kappa shape index (κ1) is 6.67. The Bertz CT molecular complexity index is 281. The summed E-state index contributed by atoms with van der Waals surface area (Å²) >= 11 is 0. The number of aromatic nitrogens is 1. The molecule has 4 heteroatoms. The SMILES string of the molecule is CC1c2c(noc2N)CN1C. The minimum Gasteiger partial charge on any atom is -0.367 e. The Morgan fingerprint density at radius 1 is 1.73 bits per heavy atom. The Kier molecular flexibility index (Phi) is 1.20. The van der Waals surface area contributed by atoms with Crippen LogP contribution in [-0.4, -0.2) is 17.1 Å². The fraction of sp³-hybridized carbons (Fsp3) is 0.571. The number of rotatable bonds is 0. The second kappa shape index (κ2) is 1.98. The van der Waals surface area contributed by atoms with E-state index in [9.17, 15) is 0 Å². The van der Waals surface area contributed by atoms with Crippen molar-refractivity contribution < 1.29 is 4.52 Å². The van der Waals surface area contributed by atoms with Crippen LogP contribution in [0.1, 0.15) is 24.2 Å². The normalized spacial score (nSPS) is 24.0. The largest absolute Gasteiger partial charge is 0.367 e. The smallest absolute Gasteiger partial charge is 0.227 e.